The van der Waals surface area contributed by atoms with Crippen molar-refractivity contribution in [3.05, 3.63) is 87.8 Å². The highest BCUT2D eigenvalue weighted by molar-refractivity contribution is 7.98. The van der Waals surface area contributed by atoms with E-state index in [1.165, 1.54) is 5.56 Å². The molecule has 1 N–H and O–H groups in total. The standard InChI is InChI=1S/C24H25ClN6S/c1-4-31-23(29-30-24(31)32-15-19-12-8-9-13-21(19)25)28-22-20(16(2)26-17(3)27-22)14-18-10-6-5-7-11-18/h5-13H,4,14-15H2,1-3H3,(H,26,27,28,29). The van der Waals surface area contributed by atoms with Gasteiger partial charge in [0.15, 0.2) is 5.16 Å². The van der Waals surface area contributed by atoms with E-state index in [9.17, 15) is 0 Å². The Kier molecular flexibility index (Phi) is 7.07. The molecule has 32 heavy (non-hydrogen) atoms. The van der Waals surface area contributed by atoms with Gasteiger partial charge in [-0.25, -0.2) is 9.97 Å². The van der Waals surface area contributed by atoms with E-state index in [0.29, 0.717) is 5.95 Å². The first-order chi connectivity index (χ1) is 15.5. The largest absolute Gasteiger partial charge is 0.308 e. The molecule has 0 unspecified atom stereocenters. The fourth-order valence-electron chi connectivity index (χ4n) is 3.49. The molecule has 0 aliphatic heterocycles. The molecule has 2 aromatic carbocycles. The number of nitrogens with one attached hydrogen (secondary N) is 1. The van der Waals surface area contributed by atoms with Gasteiger partial charge in [-0.05, 0) is 38.0 Å². The number of hydrogen-bond donors (Lipinski definition) is 1. The van der Waals surface area contributed by atoms with Gasteiger partial charge in [0.1, 0.15) is 11.6 Å². The Morgan fingerprint density at radius 1 is 0.969 bits per heavy atom. The lowest BCUT2D eigenvalue weighted by molar-refractivity contribution is 0.687. The molecule has 0 fully saturated rings. The Balaban J connectivity index is 1.59. The zero-order valence-corrected chi connectivity index (χ0v) is 19.9. The number of thioether (sulfide) groups is 1. The van der Waals surface area contributed by atoms with Crippen LogP contribution in [0.5, 0.6) is 0 Å². The lowest BCUT2D eigenvalue weighted by atomic mass is 10.0. The van der Waals surface area contributed by atoms with Crippen LogP contribution in [0, 0.1) is 13.8 Å². The Morgan fingerprint density at radius 3 is 2.47 bits per heavy atom. The smallest absolute Gasteiger partial charge is 0.230 e. The minimum atomic E-state index is 0.668. The minimum absolute atomic E-state index is 0.668. The van der Waals surface area contributed by atoms with Gasteiger partial charge in [0.2, 0.25) is 5.95 Å². The van der Waals surface area contributed by atoms with E-state index in [0.717, 1.165) is 57.4 Å². The van der Waals surface area contributed by atoms with Crippen molar-refractivity contribution in [1.82, 2.24) is 24.7 Å². The number of rotatable bonds is 8. The van der Waals surface area contributed by atoms with Crippen LogP contribution < -0.4 is 5.32 Å². The molecule has 2 aromatic heterocycles. The highest BCUT2D eigenvalue weighted by Gasteiger charge is 2.17. The van der Waals surface area contributed by atoms with Crippen LogP contribution in [-0.2, 0) is 18.7 Å². The first kappa shape index (κ1) is 22.3. The summed E-state index contributed by atoms with van der Waals surface area (Å²) in [6.07, 6.45) is 0.740. The number of hydrogen-bond acceptors (Lipinski definition) is 6. The summed E-state index contributed by atoms with van der Waals surface area (Å²) in [5, 5.41) is 13.8. The van der Waals surface area contributed by atoms with Crippen molar-refractivity contribution in [3.63, 3.8) is 0 Å². The molecule has 0 bridgehead atoms. The van der Waals surface area contributed by atoms with Crippen LogP contribution in [0.25, 0.3) is 0 Å². The summed E-state index contributed by atoms with van der Waals surface area (Å²) < 4.78 is 2.06. The molecule has 2 heterocycles. The topological polar surface area (TPSA) is 68.5 Å². The van der Waals surface area contributed by atoms with Crippen molar-refractivity contribution < 1.29 is 0 Å². The van der Waals surface area contributed by atoms with Gasteiger partial charge in [-0.1, -0.05) is 71.9 Å². The number of nitrogens with zero attached hydrogens (tertiary/aromatic N) is 5. The Bertz CT molecular complexity index is 1210. The Labute approximate surface area is 197 Å². The normalized spacial score (nSPS) is 11.0. The van der Waals surface area contributed by atoms with Crippen LogP contribution in [0.2, 0.25) is 5.02 Å². The number of halogens is 1. The highest BCUT2D eigenvalue weighted by Crippen LogP contribution is 2.29. The fraction of sp³-hybridized carbons (Fsp3) is 0.250. The van der Waals surface area contributed by atoms with Gasteiger partial charge in [-0.2, -0.15) is 0 Å². The lowest BCUT2D eigenvalue weighted by Gasteiger charge is -2.15. The van der Waals surface area contributed by atoms with Crippen LogP contribution in [0.15, 0.2) is 59.8 Å². The molecule has 0 aliphatic carbocycles. The highest BCUT2D eigenvalue weighted by atomic mass is 35.5. The first-order valence-corrected chi connectivity index (χ1v) is 11.9. The van der Waals surface area contributed by atoms with Crippen LogP contribution in [0.4, 0.5) is 11.8 Å². The molecular formula is C24H25ClN6S. The molecule has 0 radical (unpaired) electrons. The molecule has 4 aromatic rings. The number of anilines is 2. The molecule has 164 valence electrons. The van der Waals surface area contributed by atoms with Crippen molar-refractivity contribution in [2.24, 2.45) is 0 Å². The van der Waals surface area contributed by atoms with Gasteiger partial charge in [-0.3, -0.25) is 4.57 Å². The number of benzene rings is 2. The Morgan fingerprint density at radius 2 is 1.72 bits per heavy atom. The molecule has 0 saturated heterocycles. The van der Waals surface area contributed by atoms with E-state index >= 15 is 0 Å². The van der Waals surface area contributed by atoms with Crippen molar-refractivity contribution >= 4 is 35.1 Å². The minimum Gasteiger partial charge on any atom is -0.308 e. The van der Waals surface area contributed by atoms with E-state index < -0.39 is 0 Å². The average molecular weight is 465 g/mol. The van der Waals surface area contributed by atoms with Gasteiger partial charge >= 0.3 is 0 Å². The maximum Gasteiger partial charge on any atom is 0.230 e. The predicted octanol–water partition coefficient (Wildman–Crippen LogP) is 5.98. The molecule has 8 heteroatoms. The summed E-state index contributed by atoms with van der Waals surface area (Å²) in [5.41, 5.74) is 4.29. The SMILES string of the molecule is CCn1c(Nc2nc(C)nc(C)c2Cc2ccccc2)nnc1SCc1ccccc1Cl. The van der Waals surface area contributed by atoms with Crippen molar-refractivity contribution in [1.29, 1.82) is 0 Å². The summed E-state index contributed by atoms with van der Waals surface area (Å²) in [4.78, 5) is 9.27. The molecule has 6 nitrogen and oxygen atoms in total. The maximum absolute atomic E-state index is 6.31. The van der Waals surface area contributed by atoms with Crippen molar-refractivity contribution in [3.8, 4) is 0 Å². The van der Waals surface area contributed by atoms with E-state index in [4.69, 9.17) is 11.6 Å². The van der Waals surface area contributed by atoms with Gasteiger partial charge < -0.3 is 5.32 Å². The molecule has 4 rings (SSSR count). The zero-order valence-electron chi connectivity index (χ0n) is 18.3. The van der Waals surface area contributed by atoms with Gasteiger partial charge in [0.25, 0.3) is 0 Å². The van der Waals surface area contributed by atoms with E-state index in [2.05, 4.69) is 49.1 Å². The predicted molar refractivity (Wildman–Crippen MR) is 131 cm³/mol. The molecule has 0 amide bonds. The summed E-state index contributed by atoms with van der Waals surface area (Å²) in [7, 11) is 0. The third kappa shape index (κ3) is 5.11. The second kappa shape index (κ2) is 10.1. The maximum atomic E-state index is 6.31. The van der Waals surface area contributed by atoms with Crippen molar-refractivity contribution in [2.45, 2.75) is 44.6 Å². The quantitative estimate of drug-likeness (QED) is 0.323. The van der Waals surface area contributed by atoms with Crippen LogP contribution in [0.1, 0.15) is 35.1 Å². The summed E-state index contributed by atoms with van der Waals surface area (Å²) in [6, 6.07) is 18.2. The molecule has 0 saturated carbocycles. The van der Waals surface area contributed by atoms with Gasteiger partial charge in [0, 0.05) is 35.0 Å². The summed E-state index contributed by atoms with van der Waals surface area (Å²) >= 11 is 7.92. The molecule has 0 atom stereocenters. The van der Waals surface area contributed by atoms with Crippen molar-refractivity contribution in [2.75, 3.05) is 5.32 Å². The zero-order chi connectivity index (χ0) is 22.5. The van der Waals surface area contributed by atoms with E-state index in [-0.39, 0.29) is 0 Å². The van der Waals surface area contributed by atoms with Crippen LogP contribution in [-0.4, -0.2) is 24.7 Å². The van der Waals surface area contributed by atoms with Crippen LogP contribution >= 0.6 is 23.4 Å². The Hall–Kier alpha value is -2.90. The summed E-state index contributed by atoms with van der Waals surface area (Å²) in [6.45, 7) is 6.74. The third-order valence-electron chi connectivity index (χ3n) is 5.13. The molecule has 0 spiro atoms. The van der Waals surface area contributed by atoms with E-state index in [1.807, 2.05) is 56.3 Å². The average Bonchev–Trinajstić information content (AvgIpc) is 3.17. The van der Waals surface area contributed by atoms with Gasteiger partial charge in [0.05, 0.1) is 0 Å². The number of aromatic nitrogens is 5. The number of aryl methyl sites for hydroxylation is 2. The first-order valence-electron chi connectivity index (χ1n) is 10.5. The fourth-order valence-corrected chi connectivity index (χ4v) is 4.78. The van der Waals surface area contributed by atoms with Crippen LogP contribution in [0.3, 0.4) is 0 Å². The molecule has 0 aliphatic rings. The monoisotopic (exact) mass is 464 g/mol. The second-order valence-corrected chi connectivity index (χ2v) is 8.75. The van der Waals surface area contributed by atoms with Gasteiger partial charge in [-0.15, -0.1) is 10.2 Å². The third-order valence-corrected chi connectivity index (χ3v) is 6.51. The molecular weight excluding hydrogens is 440 g/mol. The van der Waals surface area contributed by atoms with E-state index in [1.54, 1.807) is 11.8 Å². The lowest BCUT2D eigenvalue weighted by Crippen LogP contribution is -2.10. The summed E-state index contributed by atoms with van der Waals surface area (Å²) in [5.74, 6) is 2.88. The second-order valence-electron chi connectivity index (χ2n) is 7.40.